The van der Waals surface area contributed by atoms with E-state index in [2.05, 4.69) is 21.8 Å². The average molecular weight is 237 g/mol. The van der Waals surface area contributed by atoms with Gasteiger partial charge < -0.3 is 14.7 Å². The highest BCUT2D eigenvalue weighted by atomic mass is 16.5. The summed E-state index contributed by atoms with van der Waals surface area (Å²) < 4.78 is 5.35. The van der Waals surface area contributed by atoms with Crippen LogP contribution in [0.1, 0.15) is 20.3 Å². The fraction of sp³-hybridized carbons (Fsp3) is 0.667. The minimum Gasteiger partial charge on any atom is -0.478 e. The highest BCUT2D eigenvalue weighted by molar-refractivity contribution is 5.41. The molecular formula is C12H19N3O2. The van der Waals surface area contributed by atoms with E-state index < -0.39 is 0 Å². The van der Waals surface area contributed by atoms with Crippen LogP contribution in [0.2, 0.25) is 0 Å². The Labute approximate surface area is 101 Å². The van der Waals surface area contributed by atoms with Crippen LogP contribution >= 0.6 is 0 Å². The van der Waals surface area contributed by atoms with Gasteiger partial charge in [-0.3, -0.25) is 0 Å². The van der Waals surface area contributed by atoms with Crippen molar-refractivity contribution >= 4 is 5.82 Å². The number of nitrogens with zero attached hydrogens (tertiary/aromatic N) is 3. The third kappa shape index (κ3) is 2.85. The van der Waals surface area contributed by atoms with Crippen molar-refractivity contribution in [3.63, 3.8) is 0 Å². The molecular weight excluding hydrogens is 218 g/mol. The van der Waals surface area contributed by atoms with Gasteiger partial charge in [0.2, 0.25) is 5.88 Å². The van der Waals surface area contributed by atoms with Crippen molar-refractivity contribution in [3.8, 4) is 5.88 Å². The number of anilines is 1. The Morgan fingerprint density at radius 2 is 2.35 bits per heavy atom. The van der Waals surface area contributed by atoms with Gasteiger partial charge in [0.15, 0.2) is 0 Å². The standard InChI is InChI=1S/C12H19N3O2/c1-3-17-12-6-11(13-8-14-12)15-5-4-9(2)10(16)7-15/h6,8-10,16H,3-5,7H2,1-2H3/t9-,10-/m0/s1. The molecule has 0 amide bonds. The zero-order valence-corrected chi connectivity index (χ0v) is 10.3. The predicted molar refractivity (Wildman–Crippen MR) is 65.2 cm³/mol. The fourth-order valence-corrected chi connectivity index (χ4v) is 1.99. The molecule has 2 rings (SSSR count). The molecule has 5 heteroatoms. The van der Waals surface area contributed by atoms with Crippen LogP contribution in [0, 0.1) is 5.92 Å². The van der Waals surface area contributed by atoms with Crippen LogP contribution in [0.4, 0.5) is 5.82 Å². The molecule has 1 aliphatic rings. The molecule has 0 unspecified atom stereocenters. The Kier molecular flexibility index (Phi) is 3.78. The summed E-state index contributed by atoms with van der Waals surface area (Å²) in [5.74, 6) is 1.78. The number of ether oxygens (including phenoxy) is 1. The Morgan fingerprint density at radius 1 is 1.53 bits per heavy atom. The first kappa shape index (κ1) is 12.1. The molecule has 0 spiro atoms. The molecule has 2 atom stereocenters. The van der Waals surface area contributed by atoms with Crippen molar-refractivity contribution in [1.29, 1.82) is 0 Å². The third-order valence-corrected chi connectivity index (χ3v) is 3.16. The first-order valence-electron chi connectivity index (χ1n) is 6.08. The summed E-state index contributed by atoms with van der Waals surface area (Å²) in [6, 6.07) is 1.83. The monoisotopic (exact) mass is 237 g/mol. The maximum atomic E-state index is 9.87. The number of aromatic nitrogens is 2. The van der Waals surface area contributed by atoms with Crippen LogP contribution in [0.25, 0.3) is 0 Å². The van der Waals surface area contributed by atoms with Gasteiger partial charge in [0.05, 0.1) is 12.7 Å². The van der Waals surface area contributed by atoms with Gasteiger partial charge in [-0.25, -0.2) is 9.97 Å². The highest BCUT2D eigenvalue weighted by Crippen LogP contribution is 2.23. The van der Waals surface area contributed by atoms with E-state index in [1.807, 2.05) is 13.0 Å². The molecule has 0 radical (unpaired) electrons. The molecule has 0 bridgehead atoms. The van der Waals surface area contributed by atoms with Gasteiger partial charge in [-0.05, 0) is 19.3 Å². The molecule has 5 nitrogen and oxygen atoms in total. The number of rotatable bonds is 3. The smallest absolute Gasteiger partial charge is 0.218 e. The van der Waals surface area contributed by atoms with Gasteiger partial charge in [-0.2, -0.15) is 0 Å². The lowest BCUT2D eigenvalue weighted by molar-refractivity contribution is 0.102. The number of aliphatic hydroxyl groups is 1. The summed E-state index contributed by atoms with van der Waals surface area (Å²) in [6.45, 7) is 6.14. The zero-order valence-electron chi connectivity index (χ0n) is 10.3. The summed E-state index contributed by atoms with van der Waals surface area (Å²) in [4.78, 5) is 10.3. The van der Waals surface area contributed by atoms with Gasteiger partial charge >= 0.3 is 0 Å². The molecule has 0 aromatic carbocycles. The number of β-amino-alcohol motifs (C(OH)–C–C–N with tert-alkyl or cyclic N) is 1. The van der Waals surface area contributed by atoms with E-state index in [0.717, 1.165) is 18.8 Å². The largest absolute Gasteiger partial charge is 0.478 e. The Balaban J connectivity index is 2.09. The topological polar surface area (TPSA) is 58.5 Å². The van der Waals surface area contributed by atoms with Gasteiger partial charge in [-0.1, -0.05) is 6.92 Å². The second-order valence-electron chi connectivity index (χ2n) is 4.43. The van der Waals surface area contributed by atoms with Crippen molar-refractivity contribution < 1.29 is 9.84 Å². The van der Waals surface area contributed by atoms with Crippen LogP contribution in [0.3, 0.4) is 0 Å². The minimum absolute atomic E-state index is 0.283. The van der Waals surface area contributed by atoms with Crippen LogP contribution in [-0.2, 0) is 0 Å². The zero-order chi connectivity index (χ0) is 12.3. The first-order valence-corrected chi connectivity index (χ1v) is 6.08. The molecule has 1 aromatic rings. The summed E-state index contributed by atoms with van der Waals surface area (Å²) in [6.07, 6.45) is 2.20. The number of hydrogen-bond donors (Lipinski definition) is 1. The molecule has 0 saturated carbocycles. The number of aliphatic hydroxyl groups excluding tert-OH is 1. The second-order valence-corrected chi connectivity index (χ2v) is 4.43. The lowest BCUT2D eigenvalue weighted by Gasteiger charge is -2.34. The quantitative estimate of drug-likeness (QED) is 0.852. The lowest BCUT2D eigenvalue weighted by atomic mass is 9.96. The normalized spacial score (nSPS) is 24.8. The first-order chi connectivity index (χ1) is 8.20. The van der Waals surface area contributed by atoms with Gasteiger partial charge in [0.1, 0.15) is 12.1 Å². The van der Waals surface area contributed by atoms with Gasteiger partial charge in [0, 0.05) is 19.2 Å². The number of hydrogen-bond acceptors (Lipinski definition) is 5. The molecule has 1 N–H and O–H groups in total. The predicted octanol–water partition coefficient (Wildman–Crippen LogP) is 1.08. The maximum absolute atomic E-state index is 9.87. The van der Waals surface area contributed by atoms with Crippen molar-refractivity contribution in [2.75, 3.05) is 24.6 Å². The lowest BCUT2D eigenvalue weighted by Crippen LogP contribution is -2.43. The summed E-state index contributed by atoms with van der Waals surface area (Å²) in [7, 11) is 0. The minimum atomic E-state index is -0.283. The van der Waals surface area contributed by atoms with Crippen molar-refractivity contribution in [1.82, 2.24) is 9.97 Å². The van der Waals surface area contributed by atoms with Crippen LogP contribution in [-0.4, -0.2) is 40.9 Å². The van der Waals surface area contributed by atoms with Crippen molar-refractivity contribution in [3.05, 3.63) is 12.4 Å². The Morgan fingerprint density at radius 3 is 3.06 bits per heavy atom. The molecule has 1 aliphatic heterocycles. The molecule has 0 aliphatic carbocycles. The molecule has 1 saturated heterocycles. The van der Waals surface area contributed by atoms with Crippen molar-refractivity contribution in [2.45, 2.75) is 26.4 Å². The van der Waals surface area contributed by atoms with E-state index >= 15 is 0 Å². The summed E-state index contributed by atoms with van der Waals surface area (Å²) in [5, 5.41) is 9.87. The molecule has 17 heavy (non-hydrogen) atoms. The number of piperidine rings is 1. The Hall–Kier alpha value is -1.36. The SMILES string of the molecule is CCOc1cc(N2CC[C@H](C)[C@@H](O)C2)ncn1. The second kappa shape index (κ2) is 5.31. The van der Waals surface area contributed by atoms with Crippen LogP contribution < -0.4 is 9.64 Å². The molecule has 94 valence electrons. The van der Waals surface area contributed by atoms with E-state index in [0.29, 0.717) is 24.9 Å². The molecule has 1 fully saturated rings. The summed E-state index contributed by atoms with van der Waals surface area (Å²) >= 11 is 0. The van der Waals surface area contributed by atoms with E-state index in [9.17, 15) is 5.11 Å². The van der Waals surface area contributed by atoms with E-state index in [1.54, 1.807) is 0 Å². The van der Waals surface area contributed by atoms with E-state index in [4.69, 9.17) is 4.74 Å². The molecule has 2 heterocycles. The molecule has 1 aromatic heterocycles. The Bertz CT molecular complexity index is 373. The van der Waals surface area contributed by atoms with Gasteiger partial charge in [0.25, 0.3) is 0 Å². The van der Waals surface area contributed by atoms with Crippen LogP contribution in [0.15, 0.2) is 12.4 Å². The van der Waals surface area contributed by atoms with E-state index in [1.165, 1.54) is 6.33 Å². The summed E-state index contributed by atoms with van der Waals surface area (Å²) in [5.41, 5.74) is 0. The third-order valence-electron chi connectivity index (χ3n) is 3.16. The fourth-order valence-electron chi connectivity index (χ4n) is 1.99. The highest BCUT2D eigenvalue weighted by Gasteiger charge is 2.25. The maximum Gasteiger partial charge on any atom is 0.218 e. The average Bonchev–Trinajstić information content (AvgIpc) is 2.33. The van der Waals surface area contributed by atoms with Gasteiger partial charge in [-0.15, -0.1) is 0 Å². The van der Waals surface area contributed by atoms with Crippen molar-refractivity contribution in [2.24, 2.45) is 5.92 Å². The van der Waals surface area contributed by atoms with Crippen LogP contribution in [0.5, 0.6) is 5.88 Å². The van der Waals surface area contributed by atoms with E-state index in [-0.39, 0.29) is 6.10 Å².